The molecule has 2 N–H and O–H groups in total. The Morgan fingerprint density at radius 3 is 2.20 bits per heavy atom. The maximum absolute atomic E-state index is 5.93. The zero-order valence-electron chi connectivity index (χ0n) is 17.6. The van der Waals surface area contributed by atoms with Crippen molar-refractivity contribution in [2.24, 2.45) is 21.6 Å². The van der Waals surface area contributed by atoms with E-state index in [0.717, 1.165) is 39.2 Å². The van der Waals surface area contributed by atoms with E-state index < -0.39 is 0 Å². The van der Waals surface area contributed by atoms with Gasteiger partial charge in [0.2, 0.25) is 0 Å². The number of halogens is 1. The van der Waals surface area contributed by atoms with Crippen LogP contribution in [0.25, 0.3) is 16.7 Å². The zero-order valence-corrected chi connectivity index (χ0v) is 18.3. The first kappa shape index (κ1) is 21.5. The van der Waals surface area contributed by atoms with Crippen LogP contribution in [0, 0.1) is 12.8 Å². The maximum Gasteiger partial charge on any atom is 0.193 e. The lowest BCUT2D eigenvalue weighted by Crippen LogP contribution is -2.10. The number of benzene rings is 3. The van der Waals surface area contributed by atoms with Gasteiger partial charge in [-0.15, -0.1) is 0 Å². The minimum atomic E-state index is -0.00721. The maximum atomic E-state index is 5.93. The molecule has 0 saturated heterocycles. The van der Waals surface area contributed by atoms with Gasteiger partial charge in [-0.05, 0) is 59.8 Å². The Morgan fingerprint density at radius 1 is 0.900 bits per heavy atom. The molecule has 0 spiro atoms. The van der Waals surface area contributed by atoms with Crippen LogP contribution in [0.15, 0.2) is 89.4 Å². The van der Waals surface area contributed by atoms with E-state index >= 15 is 0 Å². The number of allylic oxidation sites excluding steroid dienone is 1. The van der Waals surface area contributed by atoms with Crippen LogP contribution in [0.1, 0.15) is 25.0 Å². The van der Waals surface area contributed by atoms with E-state index in [9.17, 15) is 0 Å². The summed E-state index contributed by atoms with van der Waals surface area (Å²) in [6, 6.07) is 24.2. The summed E-state index contributed by atoms with van der Waals surface area (Å²) in [5, 5.41) is -0.00721. The van der Waals surface area contributed by atoms with Crippen LogP contribution in [-0.2, 0) is 0 Å². The largest absolute Gasteiger partial charge is 0.374 e. The number of hydrogen-bond acceptors (Lipinski definition) is 2. The Bertz CT molecular complexity index is 1110. The van der Waals surface area contributed by atoms with Gasteiger partial charge in [0, 0.05) is 17.2 Å². The molecule has 0 amide bonds. The third-order valence-corrected chi connectivity index (χ3v) is 5.32. The van der Waals surface area contributed by atoms with Crippen molar-refractivity contribution in [3.05, 3.63) is 90.5 Å². The van der Waals surface area contributed by atoms with Crippen LogP contribution in [-0.4, -0.2) is 11.0 Å². The van der Waals surface area contributed by atoms with Gasteiger partial charge in [-0.25, -0.2) is 4.99 Å². The first-order valence-corrected chi connectivity index (χ1v) is 10.2. The number of hydrogen-bond donors (Lipinski definition) is 1. The average Bonchev–Trinajstić information content (AvgIpc) is 2.74. The van der Waals surface area contributed by atoms with Crippen LogP contribution < -0.4 is 5.73 Å². The molecule has 0 aromatic heterocycles. The number of aryl methyl sites for hydroxylation is 1. The zero-order chi connectivity index (χ0) is 21.7. The first-order valence-electron chi connectivity index (χ1n) is 9.86. The standard InChI is InChI=1S/C26H26ClN3/c1-17-11-8-9-15-23(17)29-20(4)18(2)19(3)25-22(21-12-6-5-7-13-21)14-10-16-24(25)30-26(27)28/h5-16,18H,3H2,1-2,4H3,(H2,28,30)/b29-20+. The lowest BCUT2D eigenvalue weighted by atomic mass is 9.86. The van der Waals surface area contributed by atoms with Crippen molar-refractivity contribution in [3.63, 3.8) is 0 Å². The number of nitrogens with two attached hydrogens (primary N) is 1. The fraction of sp³-hybridized carbons (Fsp3) is 0.154. The van der Waals surface area contributed by atoms with E-state index in [1.165, 1.54) is 0 Å². The molecule has 0 bridgehead atoms. The van der Waals surface area contributed by atoms with Crippen molar-refractivity contribution >= 4 is 39.6 Å². The quantitative estimate of drug-likeness (QED) is 0.256. The second kappa shape index (κ2) is 9.55. The van der Waals surface area contributed by atoms with Crippen molar-refractivity contribution in [3.8, 4) is 11.1 Å². The van der Waals surface area contributed by atoms with E-state index in [1.807, 2.05) is 55.5 Å². The fourth-order valence-electron chi connectivity index (χ4n) is 3.39. The number of rotatable bonds is 6. The smallest absolute Gasteiger partial charge is 0.193 e. The highest BCUT2D eigenvalue weighted by atomic mass is 35.5. The van der Waals surface area contributed by atoms with Gasteiger partial charge in [0.15, 0.2) is 5.29 Å². The Labute approximate surface area is 183 Å². The van der Waals surface area contributed by atoms with Gasteiger partial charge in [-0.3, -0.25) is 4.99 Å². The van der Waals surface area contributed by atoms with E-state index in [-0.39, 0.29) is 11.2 Å². The highest BCUT2D eigenvalue weighted by Crippen LogP contribution is 2.39. The summed E-state index contributed by atoms with van der Waals surface area (Å²) in [7, 11) is 0. The molecule has 4 heteroatoms. The van der Waals surface area contributed by atoms with Crippen LogP contribution in [0.3, 0.4) is 0 Å². The van der Waals surface area contributed by atoms with Crippen molar-refractivity contribution in [1.29, 1.82) is 0 Å². The highest BCUT2D eigenvalue weighted by Gasteiger charge is 2.20. The Hall–Kier alpha value is -3.17. The van der Waals surface area contributed by atoms with Gasteiger partial charge in [0.25, 0.3) is 0 Å². The van der Waals surface area contributed by atoms with Gasteiger partial charge < -0.3 is 5.73 Å². The molecule has 0 fully saturated rings. The molecule has 30 heavy (non-hydrogen) atoms. The van der Waals surface area contributed by atoms with Crippen LogP contribution >= 0.6 is 11.6 Å². The normalized spacial score (nSPS) is 13.2. The summed E-state index contributed by atoms with van der Waals surface area (Å²) in [5.74, 6) is -0.0000293. The van der Waals surface area contributed by atoms with Crippen molar-refractivity contribution in [2.75, 3.05) is 0 Å². The third kappa shape index (κ3) is 4.87. The van der Waals surface area contributed by atoms with Gasteiger partial charge in [-0.2, -0.15) is 0 Å². The summed E-state index contributed by atoms with van der Waals surface area (Å²) < 4.78 is 0. The molecule has 152 valence electrons. The lowest BCUT2D eigenvalue weighted by Gasteiger charge is -2.20. The van der Waals surface area contributed by atoms with Gasteiger partial charge >= 0.3 is 0 Å². The van der Waals surface area contributed by atoms with Crippen LogP contribution in [0.5, 0.6) is 0 Å². The first-order chi connectivity index (χ1) is 14.4. The third-order valence-electron chi connectivity index (χ3n) is 5.24. The Balaban J connectivity index is 2.10. The molecular formula is C26H26ClN3. The van der Waals surface area contributed by atoms with E-state index in [1.54, 1.807) is 0 Å². The lowest BCUT2D eigenvalue weighted by molar-refractivity contribution is 1.01. The molecule has 3 nitrogen and oxygen atoms in total. The number of para-hydroxylation sites is 1. The Morgan fingerprint density at radius 2 is 1.53 bits per heavy atom. The molecule has 3 rings (SSSR count). The minimum Gasteiger partial charge on any atom is -0.374 e. The predicted octanol–water partition coefficient (Wildman–Crippen LogP) is 7.29. The molecule has 0 heterocycles. The summed E-state index contributed by atoms with van der Waals surface area (Å²) in [4.78, 5) is 9.23. The van der Waals surface area contributed by atoms with Crippen LogP contribution in [0.2, 0.25) is 0 Å². The van der Waals surface area contributed by atoms with E-state index in [2.05, 4.69) is 49.7 Å². The summed E-state index contributed by atoms with van der Waals surface area (Å²) in [6.45, 7) is 10.6. The molecule has 0 saturated carbocycles. The van der Waals surface area contributed by atoms with Gasteiger partial charge in [-0.1, -0.05) is 74.2 Å². The average molecular weight is 416 g/mol. The second-order valence-corrected chi connectivity index (χ2v) is 7.67. The highest BCUT2D eigenvalue weighted by molar-refractivity contribution is 6.64. The molecular weight excluding hydrogens is 390 g/mol. The van der Waals surface area contributed by atoms with Gasteiger partial charge in [0.1, 0.15) is 0 Å². The van der Waals surface area contributed by atoms with Crippen molar-refractivity contribution < 1.29 is 0 Å². The summed E-state index contributed by atoms with van der Waals surface area (Å²) in [5.41, 5.74) is 13.4. The van der Waals surface area contributed by atoms with Gasteiger partial charge in [0.05, 0.1) is 11.4 Å². The second-order valence-electron chi connectivity index (χ2n) is 7.29. The number of amidine groups is 1. The predicted molar refractivity (Wildman–Crippen MR) is 131 cm³/mol. The Kier molecular flexibility index (Phi) is 6.86. The van der Waals surface area contributed by atoms with Crippen molar-refractivity contribution in [2.45, 2.75) is 20.8 Å². The SMILES string of the molecule is C=C(c1c(/N=C(\N)Cl)cccc1-c1ccccc1)C(C)/C(C)=N/c1ccccc1C. The summed E-state index contributed by atoms with van der Waals surface area (Å²) >= 11 is 5.93. The minimum absolute atomic E-state index is 0.0000293. The molecule has 0 radical (unpaired) electrons. The van der Waals surface area contributed by atoms with E-state index in [0.29, 0.717) is 5.69 Å². The van der Waals surface area contributed by atoms with E-state index in [4.69, 9.17) is 22.3 Å². The van der Waals surface area contributed by atoms with Crippen LogP contribution in [0.4, 0.5) is 11.4 Å². The molecule has 1 unspecified atom stereocenters. The fourth-order valence-corrected chi connectivity index (χ4v) is 3.48. The van der Waals surface area contributed by atoms with Crippen molar-refractivity contribution in [1.82, 2.24) is 0 Å². The molecule has 0 aliphatic rings. The monoisotopic (exact) mass is 415 g/mol. The molecule has 1 atom stereocenters. The summed E-state index contributed by atoms with van der Waals surface area (Å²) in [6.07, 6.45) is 0. The molecule has 0 aliphatic carbocycles. The molecule has 3 aromatic rings. The number of nitrogens with zero attached hydrogens (tertiary/aromatic N) is 2. The molecule has 3 aromatic carbocycles. The molecule has 0 aliphatic heterocycles. The number of aliphatic imine (C=N–C) groups is 2. The topological polar surface area (TPSA) is 50.7 Å².